The normalized spacial score (nSPS) is 12.0. The van der Waals surface area contributed by atoms with Crippen molar-refractivity contribution >= 4 is 5.97 Å². The van der Waals surface area contributed by atoms with Gasteiger partial charge < -0.3 is 9.84 Å². The summed E-state index contributed by atoms with van der Waals surface area (Å²) in [6.07, 6.45) is 2.86. The number of carbonyl (C=O) groups is 1. The molecule has 0 bridgehead atoms. The number of unbranched alkanes of at least 4 members (excludes halogenated alkanes) is 1. The van der Waals surface area contributed by atoms with Gasteiger partial charge in [-0.2, -0.15) is 0 Å². The fraction of sp³-hybridized carbons (Fsp3) is 0.409. The quantitative estimate of drug-likeness (QED) is 0.588. The highest BCUT2D eigenvalue weighted by Gasteiger charge is 2.41. The molecule has 2 rings (SSSR count). The first-order chi connectivity index (χ1) is 11.8. The first-order valence-corrected chi connectivity index (χ1v) is 8.85. The predicted octanol–water partition coefficient (Wildman–Crippen LogP) is 4.68. The Morgan fingerprint density at radius 1 is 0.880 bits per heavy atom. The second-order valence-electron chi connectivity index (χ2n) is 7.60. The zero-order chi connectivity index (χ0) is 18.3. The summed E-state index contributed by atoms with van der Waals surface area (Å²) in [4.78, 5) is 12.8. The number of aliphatic hydroxyl groups is 1. The summed E-state index contributed by atoms with van der Waals surface area (Å²) in [5.74, 6) is -0.624. The summed E-state index contributed by atoms with van der Waals surface area (Å²) in [6, 6.07) is 17.9. The van der Waals surface area contributed by atoms with E-state index in [9.17, 15) is 9.90 Å². The Morgan fingerprint density at radius 3 is 1.80 bits per heavy atom. The van der Waals surface area contributed by atoms with Crippen molar-refractivity contribution in [2.75, 3.05) is 6.61 Å². The van der Waals surface area contributed by atoms with Gasteiger partial charge in [0.25, 0.3) is 0 Å². The number of hydrogen-bond acceptors (Lipinski definition) is 3. The summed E-state index contributed by atoms with van der Waals surface area (Å²) in [5, 5.41) is 11.2. The average Bonchev–Trinajstić information content (AvgIpc) is 2.61. The van der Waals surface area contributed by atoms with Gasteiger partial charge in [-0.25, -0.2) is 4.79 Å². The fourth-order valence-corrected chi connectivity index (χ4v) is 2.79. The maximum Gasteiger partial charge on any atom is 0.347 e. The van der Waals surface area contributed by atoms with Crippen molar-refractivity contribution in [2.24, 2.45) is 5.41 Å². The van der Waals surface area contributed by atoms with Crippen molar-refractivity contribution in [3.05, 3.63) is 71.8 Å². The van der Waals surface area contributed by atoms with Crippen molar-refractivity contribution in [1.82, 2.24) is 0 Å². The number of carbonyl (C=O) groups excluding carboxylic acids is 1. The molecule has 25 heavy (non-hydrogen) atoms. The number of esters is 1. The molecule has 0 aromatic heterocycles. The third-order valence-corrected chi connectivity index (χ3v) is 4.23. The number of rotatable bonds is 7. The average molecular weight is 340 g/mol. The van der Waals surface area contributed by atoms with E-state index in [0.29, 0.717) is 17.7 Å². The lowest BCUT2D eigenvalue weighted by atomic mass is 9.86. The maximum atomic E-state index is 12.8. The van der Waals surface area contributed by atoms with Gasteiger partial charge in [-0.05, 0) is 35.8 Å². The zero-order valence-electron chi connectivity index (χ0n) is 15.4. The van der Waals surface area contributed by atoms with Crippen molar-refractivity contribution in [3.8, 4) is 0 Å². The molecule has 2 aromatic rings. The smallest absolute Gasteiger partial charge is 0.347 e. The van der Waals surface area contributed by atoms with Crippen LogP contribution in [0.1, 0.15) is 51.2 Å². The van der Waals surface area contributed by atoms with Crippen molar-refractivity contribution in [1.29, 1.82) is 0 Å². The first-order valence-electron chi connectivity index (χ1n) is 8.85. The molecule has 0 spiro atoms. The van der Waals surface area contributed by atoms with Gasteiger partial charge in [0, 0.05) is 0 Å². The van der Waals surface area contributed by atoms with E-state index in [0.717, 1.165) is 19.3 Å². The molecule has 1 N–H and O–H groups in total. The topological polar surface area (TPSA) is 46.5 Å². The van der Waals surface area contributed by atoms with Crippen LogP contribution < -0.4 is 0 Å². The second kappa shape index (κ2) is 8.30. The summed E-state index contributed by atoms with van der Waals surface area (Å²) < 4.78 is 5.44. The monoisotopic (exact) mass is 340 g/mol. The number of hydrogen-bond donors (Lipinski definition) is 1. The van der Waals surface area contributed by atoms with Crippen LogP contribution in [0.4, 0.5) is 0 Å². The fourth-order valence-electron chi connectivity index (χ4n) is 2.79. The molecule has 134 valence electrons. The Hall–Kier alpha value is -2.13. The van der Waals surface area contributed by atoms with E-state index in [1.165, 1.54) is 0 Å². The van der Waals surface area contributed by atoms with Gasteiger partial charge in [0.05, 0.1) is 6.61 Å². The van der Waals surface area contributed by atoms with Crippen LogP contribution in [0.2, 0.25) is 0 Å². The van der Waals surface area contributed by atoms with E-state index < -0.39 is 11.6 Å². The minimum atomic E-state index is -1.79. The van der Waals surface area contributed by atoms with E-state index in [-0.39, 0.29) is 5.41 Å². The molecule has 2 aromatic carbocycles. The molecule has 0 radical (unpaired) electrons. The Kier molecular flexibility index (Phi) is 6.38. The predicted molar refractivity (Wildman–Crippen MR) is 100 cm³/mol. The Bertz CT molecular complexity index is 617. The van der Waals surface area contributed by atoms with Gasteiger partial charge in [-0.15, -0.1) is 0 Å². The molecule has 0 amide bonds. The molecule has 0 heterocycles. The molecular weight excluding hydrogens is 312 g/mol. The van der Waals surface area contributed by atoms with Crippen molar-refractivity contribution < 1.29 is 14.6 Å². The van der Waals surface area contributed by atoms with Gasteiger partial charge in [-0.3, -0.25) is 0 Å². The van der Waals surface area contributed by atoms with E-state index in [1.807, 2.05) is 12.1 Å². The number of ether oxygens (including phenoxy) is 1. The Morgan fingerprint density at radius 2 is 1.36 bits per heavy atom. The van der Waals surface area contributed by atoms with Gasteiger partial charge in [-0.1, -0.05) is 81.4 Å². The summed E-state index contributed by atoms with van der Waals surface area (Å²) in [5.41, 5.74) is -0.479. The lowest BCUT2D eigenvalue weighted by Gasteiger charge is -2.27. The van der Waals surface area contributed by atoms with Crippen LogP contribution in [0.15, 0.2) is 60.7 Å². The van der Waals surface area contributed by atoms with Crippen LogP contribution in [-0.4, -0.2) is 17.7 Å². The molecule has 0 aliphatic heterocycles. The SMILES string of the molecule is CC(C)(C)CCCCOC(=O)C(O)(c1ccccc1)c1ccccc1. The third-order valence-electron chi connectivity index (χ3n) is 4.23. The Balaban J connectivity index is 2.10. The first kappa shape index (κ1) is 19.2. The minimum Gasteiger partial charge on any atom is -0.463 e. The van der Waals surface area contributed by atoms with Crippen LogP contribution in [0, 0.1) is 5.41 Å². The lowest BCUT2D eigenvalue weighted by Crippen LogP contribution is -2.38. The zero-order valence-corrected chi connectivity index (χ0v) is 15.4. The van der Waals surface area contributed by atoms with Gasteiger partial charge in [0.2, 0.25) is 5.60 Å². The lowest BCUT2D eigenvalue weighted by molar-refractivity contribution is -0.162. The third kappa shape index (κ3) is 5.17. The van der Waals surface area contributed by atoms with Crippen molar-refractivity contribution in [2.45, 2.75) is 45.6 Å². The van der Waals surface area contributed by atoms with E-state index in [2.05, 4.69) is 20.8 Å². The molecule has 0 saturated heterocycles. The number of benzene rings is 2. The van der Waals surface area contributed by atoms with Crippen molar-refractivity contribution in [3.63, 3.8) is 0 Å². The molecule has 3 heteroatoms. The highest BCUT2D eigenvalue weighted by molar-refractivity contribution is 5.85. The molecule has 0 fully saturated rings. The molecule has 0 unspecified atom stereocenters. The molecule has 0 saturated carbocycles. The highest BCUT2D eigenvalue weighted by Crippen LogP contribution is 2.31. The van der Waals surface area contributed by atoms with Crippen LogP contribution in [0.5, 0.6) is 0 Å². The van der Waals surface area contributed by atoms with Crippen LogP contribution >= 0.6 is 0 Å². The van der Waals surface area contributed by atoms with Crippen LogP contribution in [-0.2, 0) is 15.1 Å². The minimum absolute atomic E-state index is 0.277. The molecular formula is C22H28O3. The second-order valence-corrected chi connectivity index (χ2v) is 7.60. The van der Waals surface area contributed by atoms with Crippen LogP contribution in [0.3, 0.4) is 0 Å². The molecule has 0 aliphatic carbocycles. The standard InChI is InChI=1S/C22H28O3/c1-21(2,3)16-10-11-17-25-20(23)22(24,18-12-6-4-7-13-18)19-14-8-5-9-15-19/h4-9,12-15,24H,10-11,16-17H2,1-3H3. The highest BCUT2D eigenvalue weighted by atomic mass is 16.5. The van der Waals surface area contributed by atoms with E-state index in [1.54, 1.807) is 48.5 Å². The van der Waals surface area contributed by atoms with Gasteiger partial charge in [0.1, 0.15) is 0 Å². The molecule has 0 atom stereocenters. The van der Waals surface area contributed by atoms with E-state index in [4.69, 9.17) is 4.74 Å². The van der Waals surface area contributed by atoms with E-state index >= 15 is 0 Å². The largest absolute Gasteiger partial charge is 0.463 e. The van der Waals surface area contributed by atoms with Crippen LogP contribution in [0.25, 0.3) is 0 Å². The summed E-state index contributed by atoms with van der Waals surface area (Å²) in [6.45, 7) is 6.91. The molecule has 3 nitrogen and oxygen atoms in total. The van der Waals surface area contributed by atoms with Gasteiger partial charge >= 0.3 is 5.97 Å². The maximum absolute atomic E-state index is 12.8. The summed E-state index contributed by atoms with van der Waals surface area (Å²) >= 11 is 0. The Labute approximate surface area is 150 Å². The summed E-state index contributed by atoms with van der Waals surface area (Å²) in [7, 11) is 0. The molecule has 0 aliphatic rings. The van der Waals surface area contributed by atoms with Gasteiger partial charge in [0.15, 0.2) is 0 Å².